The van der Waals surface area contributed by atoms with E-state index in [4.69, 9.17) is 4.74 Å². The van der Waals surface area contributed by atoms with Gasteiger partial charge in [0.25, 0.3) is 0 Å². The molecule has 0 bridgehead atoms. The Kier molecular flexibility index (Phi) is 4.29. The molecule has 0 fully saturated rings. The minimum absolute atomic E-state index is 0.0814. The van der Waals surface area contributed by atoms with Crippen molar-refractivity contribution in [2.75, 3.05) is 0 Å². The smallest absolute Gasteiger partial charge is 0.345 e. The van der Waals surface area contributed by atoms with E-state index in [1.54, 1.807) is 5.38 Å². The van der Waals surface area contributed by atoms with E-state index in [0.29, 0.717) is 11.4 Å². The summed E-state index contributed by atoms with van der Waals surface area (Å²) in [6, 6.07) is 7.05. The molecule has 0 aliphatic carbocycles. The second-order valence-corrected chi connectivity index (χ2v) is 5.52. The maximum Gasteiger partial charge on any atom is 0.345 e. The van der Waals surface area contributed by atoms with Crippen LogP contribution in [0.4, 0.5) is 10.2 Å². The Morgan fingerprint density at radius 1 is 1.30 bits per heavy atom. The Morgan fingerprint density at radius 3 is 2.83 bits per heavy atom. The van der Waals surface area contributed by atoms with Crippen LogP contribution in [0.3, 0.4) is 0 Å². The van der Waals surface area contributed by atoms with E-state index in [-0.39, 0.29) is 24.8 Å². The maximum atomic E-state index is 12.8. The average molecular weight is 334 g/mol. The molecule has 23 heavy (non-hydrogen) atoms. The Balaban J connectivity index is 1.62. The summed E-state index contributed by atoms with van der Waals surface area (Å²) in [6.45, 7) is 0.466. The van der Waals surface area contributed by atoms with Crippen LogP contribution in [-0.2, 0) is 13.2 Å². The van der Waals surface area contributed by atoms with Crippen LogP contribution >= 0.6 is 11.3 Å². The van der Waals surface area contributed by atoms with Crippen molar-refractivity contribution in [2.45, 2.75) is 13.2 Å². The minimum Gasteiger partial charge on any atom is -0.486 e. The highest BCUT2D eigenvalue weighted by molar-refractivity contribution is 7.09. The third kappa shape index (κ3) is 3.69. The molecule has 0 aliphatic rings. The highest BCUT2D eigenvalue weighted by Gasteiger charge is 2.15. The lowest BCUT2D eigenvalue weighted by Crippen LogP contribution is -2.06. The van der Waals surface area contributed by atoms with Crippen LogP contribution in [-0.4, -0.2) is 19.7 Å². The molecule has 9 heteroatoms. The third-order valence-corrected chi connectivity index (χ3v) is 3.84. The van der Waals surface area contributed by atoms with Gasteiger partial charge in [0, 0.05) is 5.38 Å². The van der Waals surface area contributed by atoms with Crippen LogP contribution in [0.2, 0.25) is 0 Å². The quantitative estimate of drug-likeness (QED) is 0.511. The Labute approximate surface area is 134 Å². The summed E-state index contributed by atoms with van der Waals surface area (Å²) >= 11 is 1.39. The predicted octanol–water partition coefficient (Wildman–Crippen LogP) is 3.01. The largest absolute Gasteiger partial charge is 0.486 e. The molecular weight excluding hydrogens is 323 g/mol. The van der Waals surface area contributed by atoms with Crippen LogP contribution in [0.5, 0.6) is 5.75 Å². The Morgan fingerprint density at radius 2 is 2.09 bits per heavy atom. The van der Waals surface area contributed by atoms with Gasteiger partial charge in [-0.15, -0.1) is 16.0 Å². The van der Waals surface area contributed by atoms with E-state index in [0.717, 1.165) is 5.01 Å². The first-order valence-corrected chi connectivity index (χ1v) is 7.47. The zero-order valence-electron chi connectivity index (χ0n) is 11.8. The van der Waals surface area contributed by atoms with Gasteiger partial charge in [0.05, 0.1) is 18.0 Å². The molecule has 7 nitrogen and oxygen atoms in total. The van der Waals surface area contributed by atoms with Crippen molar-refractivity contribution < 1.29 is 14.1 Å². The molecule has 3 aromatic rings. The van der Waals surface area contributed by atoms with Gasteiger partial charge in [-0.25, -0.2) is 9.37 Å². The summed E-state index contributed by atoms with van der Waals surface area (Å²) in [7, 11) is 0. The number of nitro groups is 1. The van der Waals surface area contributed by atoms with Gasteiger partial charge in [-0.1, -0.05) is 5.10 Å². The molecule has 2 heterocycles. The first-order valence-electron chi connectivity index (χ1n) is 6.59. The van der Waals surface area contributed by atoms with E-state index in [9.17, 15) is 14.5 Å². The number of benzene rings is 1. The topological polar surface area (TPSA) is 83.1 Å². The highest BCUT2D eigenvalue weighted by atomic mass is 32.1. The standard InChI is InChI=1S/C14H11FN4O3S/c15-10-1-3-12(4-2-10)22-8-13-17-11(9-23-13)7-18-14(19(20)21)5-6-16-18/h1-6,9H,7-8H2. The van der Waals surface area contributed by atoms with Gasteiger partial charge in [0.2, 0.25) is 0 Å². The van der Waals surface area contributed by atoms with Crippen molar-refractivity contribution >= 4 is 17.2 Å². The van der Waals surface area contributed by atoms with Gasteiger partial charge in [-0.2, -0.15) is 0 Å². The number of aromatic nitrogens is 3. The molecule has 0 N–H and O–H groups in total. The van der Waals surface area contributed by atoms with Crippen LogP contribution in [0.25, 0.3) is 0 Å². The van der Waals surface area contributed by atoms with Crippen molar-refractivity contribution in [3.8, 4) is 5.75 Å². The normalized spacial score (nSPS) is 10.7. The van der Waals surface area contributed by atoms with Crippen molar-refractivity contribution in [1.29, 1.82) is 0 Å². The SMILES string of the molecule is O=[N+]([O-])c1ccnn1Cc1csc(COc2ccc(F)cc2)n1. The Hall–Kier alpha value is -2.81. The fourth-order valence-corrected chi connectivity index (χ4v) is 2.62. The molecule has 1 aromatic carbocycles. The molecule has 0 radical (unpaired) electrons. The number of ether oxygens (including phenoxy) is 1. The molecule has 0 aliphatic heterocycles. The molecule has 2 aromatic heterocycles. The summed E-state index contributed by atoms with van der Waals surface area (Å²) in [4.78, 5) is 14.7. The van der Waals surface area contributed by atoms with E-state index >= 15 is 0 Å². The summed E-state index contributed by atoms with van der Waals surface area (Å²) in [5, 5.41) is 17.3. The molecule has 0 saturated carbocycles. The van der Waals surface area contributed by atoms with E-state index in [1.807, 2.05) is 0 Å². The van der Waals surface area contributed by atoms with Crippen LogP contribution in [0.15, 0.2) is 41.9 Å². The van der Waals surface area contributed by atoms with Gasteiger partial charge in [0.15, 0.2) is 6.54 Å². The third-order valence-electron chi connectivity index (χ3n) is 2.97. The summed E-state index contributed by atoms with van der Waals surface area (Å²) in [6.07, 6.45) is 1.38. The summed E-state index contributed by atoms with van der Waals surface area (Å²) in [5.74, 6) is 0.141. The molecule has 0 unspecified atom stereocenters. The number of hydrogen-bond donors (Lipinski definition) is 0. The lowest BCUT2D eigenvalue weighted by molar-refractivity contribution is -0.392. The van der Waals surface area contributed by atoms with Gasteiger partial charge >= 0.3 is 5.82 Å². The average Bonchev–Trinajstić information content (AvgIpc) is 3.16. The lowest BCUT2D eigenvalue weighted by Gasteiger charge is -2.03. The van der Waals surface area contributed by atoms with Gasteiger partial charge in [-0.3, -0.25) is 0 Å². The van der Waals surface area contributed by atoms with Crippen LogP contribution < -0.4 is 4.74 Å². The molecular formula is C14H11FN4O3S. The van der Waals surface area contributed by atoms with E-state index in [2.05, 4.69) is 10.1 Å². The number of rotatable bonds is 6. The van der Waals surface area contributed by atoms with Gasteiger partial charge in [0.1, 0.15) is 23.2 Å². The fourth-order valence-electron chi connectivity index (χ4n) is 1.92. The summed E-state index contributed by atoms with van der Waals surface area (Å²) < 4.78 is 19.6. The number of hydrogen-bond acceptors (Lipinski definition) is 6. The zero-order valence-corrected chi connectivity index (χ0v) is 12.6. The van der Waals surface area contributed by atoms with Crippen molar-refractivity contribution in [3.63, 3.8) is 0 Å². The van der Waals surface area contributed by atoms with Crippen molar-refractivity contribution in [1.82, 2.24) is 14.8 Å². The zero-order chi connectivity index (χ0) is 16.2. The molecule has 0 saturated heterocycles. The first-order chi connectivity index (χ1) is 11.1. The molecule has 0 spiro atoms. The second-order valence-electron chi connectivity index (χ2n) is 4.58. The Bertz CT molecular complexity index is 816. The predicted molar refractivity (Wildman–Crippen MR) is 80.8 cm³/mol. The lowest BCUT2D eigenvalue weighted by atomic mass is 10.3. The maximum absolute atomic E-state index is 12.8. The number of thiazole rings is 1. The van der Waals surface area contributed by atoms with Gasteiger partial charge in [-0.05, 0) is 29.2 Å². The highest BCUT2D eigenvalue weighted by Crippen LogP contribution is 2.18. The molecule has 3 rings (SSSR count). The number of nitrogens with zero attached hydrogens (tertiary/aromatic N) is 4. The van der Waals surface area contributed by atoms with E-state index < -0.39 is 4.92 Å². The van der Waals surface area contributed by atoms with Crippen LogP contribution in [0.1, 0.15) is 10.7 Å². The second kappa shape index (κ2) is 6.53. The summed E-state index contributed by atoms with van der Waals surface area (Å²) in [5.41, 5.74) is 0.666. The van der Waals surface area contributed by atoms with Crippen molar-refractivity contribution in [2.24, 2.45) is 0 Å². The molecule has 0 atom stereocenters. The van der Waals surface area contributed by atoms with Crippen LogP contribution in [0, 0.1) is 15.9 Å². The monoisotopic (exact) mass is 334 g/mol. The first kappa shape index (κ1) is 15.1. The minimum atomic E-state index is -0.488. The molecule has 118 valence electrons. The number of halogens is 1. The van der Waals surface area contributed by atoms with Crippen molar-refractivity contribution in [3.05, 3.63) is 68.5 Å². The fraction of sp³-hybridized carbons (Fsp3) is 0.143. The van der Waals surface area contributed by atoms with E-state index in [1.165, 1.54) is 52.5 Å². The van der Waals surface area contributed by atoms with Gasteiger partial charge < -0.3 is 14.9 Å². The molecule has 0 amide bonds.